The smallest absolute Gasteiger partial charge is 0.384 e. The highest BCUT2D eigenvalue weighted by Crippen LogP contribution is 2.34. The first-order valence-electron chi connectivity index (χ1n) is 5.99. The number of hydrogen-bond acceptors (Lipinski definition) is 1. The Bertz CT molecular complexity index is 386. The molecule has 1 aromatic carbocycles. The molecular formula is C13H17BrF3N. The lowest BCUT2D eigenvalue weighted by molar-refractivity contribution is -0.137. The number of rotatable bonds is 5. The molecule has 0 aliphatic heterocycles. The predicted octanol–water partition coefficient (Wildman–Crippen LogP) is 5.32. The van der Waals surface area contributed by atoms with Crippen LogP contribution in [0.4, 0.5) is 18.9 Å². The summed E-state index contributed by atoms with van der Waals surface area (Å²) < 4.78 is 38.4. The summed E-state index contributed by atoms with van der Waals surface area (Å²) in [7, 11) is 0. The fourth-order valence-electron chi connectivity index (χ4n) is 1.67. The molecule has 0 amide bonds. The van der Waals surface area contributed by atoms with Crippen LogP contribution in [0.15, 0.2) is 22.7 Å². The monoisotopic (exact) mass is 323 g/mol. The van der Waals surface area contributed by atoms with Crippen LogP contribution in [0.1, 0.15) is 32.3 Å². The molecule has 0 spiro atoms. The van der Waals surface area contributed by atoms with E-state index in [1.165, 1.54) is 6.07 Å². The Balaban J connectivity index is 2.82. The van der Waals surface area contributed by atoms with Crippen molar-refractivity contribution in [2.24, 2.45) is 5.92 Å². The number of halogens is 4. The van der Waals surface area contributed by atoms with Gasteiger partial charge in [-0.1, -0.05) is 26.7 Å². The van der Waals surface area contributed by atoms with Gasteiger partial charge in [0.1, 0.15) is 0 Å². The van der Waals surface area contributed by atoms with E-state index < -0.39 is 11.7 Å². The molecule has 0 unspecified atom stereocenters. The molecule has 1 rings (SSSR count). The molecule has 0 saturated heterocycles. The zero-order valence-corrected chi connectivity index (χ0v) is 12.0. The van der Waals surface area contributed by atoms with Gasteiger partial charge in [0.15, 0.2) is 0 Å². The molecule has 0 bridgehead atoms. The Labute approximate surface area is 114 Å². The summed E-state index contributed by atoms with van der Waals surface area (Å²) in [5.74, 6) is 0.478. The molecule has 0 heterocycles. The third-order valence-corrected chi connectivity index (χ3v) is 3.72. The SMILES string of the molecule is CCC(CC)CNc1cc(C(F)(F)F)ccc1Br. The Morgan fingerprint density at radius 2 is 1.83 bits per heavy atom. The number of hydrogen-bond donors (Lipinski definition) is 1. The lowest BCUT2D eigenvalue weighted by Crippen LogP contribution is -2.14. The van der Waals surface area contributed by atoms with E-state index in [2.05, 4.69) is 35.1 Å². The summed E-state index contributed by atoms with van der Waals surface area (Å²) >= 11 is 3.26. The second kappa shape index (κ2) is 6.45. The third kappa shape index (κ3) is 4.19. The fraction of sp³-hybridized carbons (Fsp3) is 0.538. The molecule has 0 fully saturated rings. The van der Waals surface area contributed by atoms with Crippen molar-refractivity contribution in [3.8, 4) is 0 Å². The standard InChI is InChI=1S/C13H17BrF3N/c1-3-9(4-2)8-18-12-7-10(13(15,16)17)5-6-11(12)14/h5-7,9,18H,3-4,8H2,1-2H3. The maximum atomic E-state index is 12.6. The highest BCUT2D eigenvalue weighted by Gasteiger charge is 2.30. The molecule has 0 saturated carbocycles. The first kappa shape index (κ1) is 15.3. The Morgan fingerprint density at radius 1 is 1.22 bits per heavy atom. The first-order chi connectivity index (χ1) is 8.38. The van der Waals surface area contributed by atoms with Crippen molar-refractivity contribution in [3.63, 3.8) is 0 Å². The molecule has 18 heavy (non-hydrogen) atoms. The second-order valence-corrected chi connectivity index (χ2v) is 5.11. The minimum absolute atomic E-state index is 0.478. The molecule has 0 radical (unpaired) electrons. The number of anilines is 1. The van der Waals surface area contributed by atoms with Crippen LogP contribution >= 0.6 is 15.9 Å². The van der Waals surface area contributed by atoms with Crippen molar-refractivity contribution in [1.82, 2.24) is 0 Å². The van der Waals surface area contributed by atoms with Gasteiger partial charge in [-0.3, -0.25) is 0 Å². The molecule has 0 aliphatic carbocycles. The highest BCUT2D eigenvalue weighted by atomic mass is 79.9. The minimum atomic E-state index is -4.30. The van der Waals surface area contributed by atoms with Gasteiger partial charge in [-0.25, -0.2) is 0 Å². The van der Waals surface area contributed by atoms with Gasteiger partial charge in [-0.2, -0.15) is 13.2 Å². The molecule has 0 aliphatic rings. The van der Waals surface area contributed by atoms with E-state index in [1.807, 2.05) is 0 Å². The van der Waals surface area contributed by atoms with Gasteiger partial charge in [0.2, 0.25) is 0 Å². The van der Waals surface area contributed by atoms with Gasteiger partial charge in [0.25, 0.3) is 0 Å². The highest BCUT2D eigenvalue weighted by molar-refractivity contribution is 9.10. The maximum absolute atomic E-state index is 12.6. The Morgan fingerprint density at radius 3 is 2.33 bits per heavy atom. The summed E-state index contributed by atoms with van der Waals surface area (Å²) in [5.41, 5.74) is -0.130. The minimum Gasteiger partial charge on any atom is -0.384 e. The van der Waals surface area contributed by atoms with Crippen LogP contribution in [0.5, 0.6) is 0 Å². The van der Waals surface area contributed by atoms with E-state index >= 15 is 0 Å². The summed E-state index contributed by atoms with van der Waals surface area (Å²) in [6, 6.07) is 3.65. The Hall–Kier alpha value is -0.710. The zero-order chi connectivity index (χ0) is 13.8. The fourth-order valence-corrected chi connectivity index (χ4v) is 2.06. The summed E-state index contributed by atoms with van der Waals surface area (Å²) in [4.78, 5) is 0. The number of benzene rings is 1. The zero-order valence-electron chi connectivity index (χ0n) is 10.4. The first-order valence-corrected chi connectivity index (χ1v) is 6.78. The Kier molecular flexibility index (Phi) is 5.50. The van der Waals surface area contributed by atoms with Crippen LogP contribution in [-0.4, -0.2) is 6.54 Å². The van der Waals surface area contributed by atoms with Crippen molar-refractivity contribution < 1.29 is 13.2 Å². The summed E-state index contributed by atoms with van der Waals surface area (Å²) in [6.07, 6.45) is -2.27. The molecule has 1 nitrogen and oxygen atoms in total. The van der Waals surface area contributed by atoms with Crippen LogP contribution in [0.3, 0.4) is 0 Å². The lowest BCUT2D eigenvalue weighted by atomic mass is 10.0. The largest absolute Gasteiger partial charge is 0.416 e. The van der Waals surface area contributed by atoms with E-state index in [-0.39, 0.29) is 0 Å². The van der Waals surface area contributed by atoms with Crippen molar-refractivity contribution in [1.29, 1.82) is 0 Å². The molecule has 0 atom stereocenters. The maximum Gasteiger partial charge on any atom is 0.416 e. The summed E-state index contributed by atoms with van der Waals surface area (Å²) in [6.45, 7) is 4.85. The second-order valence-electron chi connectivity index (χ2n) is 4.26. The molecule has 1 aromatic rings. The number of alkyl halides is 3. The lowest BCUT2D eigenvalue weighted by Gasteiger charge is -2.16. The van der Waals surface area contributed by atoms with Crippen LogP contribution in [-0.2, 0) is 6.18 Å². The van der Waals surface area contributed by atoms with E-state index in [0.717, 1.165) is 25.0 Å². The quantitative estimate of drug-likeness (QED) is 0.773. The molecule has 5 heteroatoms. The molecule has 0 aromatic heterocycles. The average Bonchev–Trinajstić information content (AvgIpc) is 2.31. The molecular weight excluding hydrogens is 307 g/mol. The topological polar surface area (TPSA) is 12.0 Å². The van der Waals surface area contributed by atoms with Gasteiger partial charge in [0, 0.05) is 16.7 Å². The normalized spacial score (nSPS) is 11.9. The van der Waals surface area contributed by atoms with E-state index in [4.69, 9.17) is 0 Å². The van der Waals surface area contributed by atoms with Crippen molar-refractivity contribution in [2.45, 2.75) is 32.9 Å². The average molecular weight is 324 g/mol. The van der Waals surface area contributed by atoms with Gasteiger partial charge >= 0.3 is 6.18 Å². The van der Waals surface area contributed by atoms with Gasteiger partial charge in [-0.15, -0.1) is 0 Å². The van der Waals surface area contributed by atoms with Gasteiger partial charge in [-0.05, 0) is 40.0 Å². The van der Waals surface area contributed by atoms with Crippen LogP contribution in [0.2, 0.25) is 0 Å². The van der Waals surface area contributed by atoms with Crippen molar-refractivity contribution in [3.05, 3.63) is 28.2 Å². The predicted molar refractivity (Wildman–Crippen MR) is 71.7 cm³/mol. The molecule has 102 valence electrons. The van der Waals surface area contributed by atoms with Gasteiger partial charge < -0.3 is 5.32 Å². The van der Waals surface area contributed by atoms with E-state index in [1.54, 1.807) is 0 Å². The molecule has 1 N–H and O–H groups in total. The van der Waals surface area contributed by atoms with Crippen molar-refractivity contribution >= 4 is 21.6 Å². The van der Waals surface area contributed by atoms with Crippen LogP contribution < -0.4 is 5.32 Å². The van der Waals surface area contributed by atoms with E-state index in [9.17, 15) is 13.2 Å². The van der Waals surface area contributed by atoms with Crippen molar-refractivity contribution in [2.75, 3.05) is 11.9 Å². The number of nitrogens with one attached hydrogen (secondary N) is 1. The van der Waals surface area contributed by atoms with Gasteiger partial charge in [0.05, 0.1) is 5.56 Å². The van der Waals surface area contributed by atoms with Crippen LogP contribution in [0, 0.1) is 5.92 Å². The third-order valence-electron chi connectivity index (χ3n) is 3.03. The van der Waals surface area contributed by atoms with Crippen LogP contribution in [0.25, 0.3) is 0 Å². The summed E-state index contributed by atoms with van der Waals surface area (Å²) in [5, 5.41) is 3.08. The van der Waals surface area contributed by atoms with E-state index in [0.29, 0.717) is 22.6 Å².